The van der Waals surface area contributed by atoms with Crippen molar-refractivity contribution in [2.24, 2.45) is 0 Å². The first-order chi connectivity index (χ1) is 9.75. The van der Waals surface area contributed by atoms with Crippen molar-refractivity contribution in [3.63, 3.8) is 0 Å². The Kier molecular flexibility index (Phi) is 6.52. The van der Waals surface area contributed by atoms with E-state index in [4.69, 9.17) is 44.9 Å². The van der Waals surface area contributed by atoms with Gasteiger partial charge < -0.3 is 9.47 Å². The average molecular weight is 351 g/mol. The predicted octanol–water partition coefficient (Wildman–Crippen LogP) is 4.24. The van der Waals surface area contributed by atoms with E-state index in [0.717, 1.165) is 11.1 Å². The van der Waals surface area contributed by atoms with Crippen LogP contribution in [0.1, 0.15) is 22.3 Å². The molecule has 0 unspecified atom stereocenters. The number of carbonyl (C=O) groups excluding carboxylic acids is 1. The Morgan fingerprint density at radius 2 is 1.76 bits per heavy atom. The average Bonchev–Trinajstić information content (AvgIpc) is 2.45. The van der Waals surface area contributed by atoms with Gasteiger partial charge in [-0.1, -0.05) is 53.5 Å². The minimum atomic E-state index is -1.86. The van der Waals surface area contributed by atoms with Crippen LogP contribution in [-0.4, -0.2) is 29.4 Å². The number of benzene rings is 1. The second kappa shape index (κ2) is 7.69. The summed E-state index contributed by atoms with van der Waals surface area (Å²) in [5.41, 5.74) is 2.10. The maximum absolute atomic E-state index is 11.3. The molecule has 0 saturated carbocycles. The number of alkyl halides is 3. The number of ether oxygens (including phenoxy) is 2. The van der Waals surface area contributed by atoms with Crippen molar-refractivity contribution in [3.8, 4) is 0 Å². The zero-order valence-corrected chi connectivity index (χ0v) is 13.6. The molecular formula is C14H14Cl3NO3. The molecule has 1 N–H and O–H groups in total. The lowest BCUT2D eigenvalue weighted by Crippen LogP contribution is -2.21. The Labute approximate surface area is 138 Å². The fourth-order valence-corrected chi connectivity index (χ4v) is 1.63. The summed E-state index contributed by atoms with van der Waals surface area (Å²) in [4.78, 5) is 11.3. The third-order valence-electron chi connectivity index (χ3n) is 2.62. The van der Waals surface area contributed by atoms with E-state index in [0.29, 0.717) is 12.0 Å². The van der Waals surface area contributed by atoms with Crippen LogP contribution in [0.15, 0.2) is 30.8 Å². The summed E-state index contributed by atoms with van der Waals surface area (Å²) in [6.45, 7) is 4.08. The first-order valence-electron chi connectivity index (χ1n) is 5.90. The Balaban J connectivity index is 2.53. The molecule has 0 amide bonds. The smallest absolute Gasteiger partial charge is 0.337 e. The third kappa shape index (κ3) is 5.58. The van der Waals surface area contributed by atoms with E-state index in [1.807, 2.05) is 0 Å². The normalized spacial score (nSPS) is 10.9. The van der Waals surface area contributed by atoms with Crippen LogP contribution in [0.3, 0.4) is 0 Å². The summed E-state index contributed by atoms with van der Waals surface area (Å²) in [6, 6.07) is 6.82. The van der Waals surface area contributed by atoms with Crippen molar-refractivity contribution in [3.05, 3.63) is 42.0 Å². The van der Waals surface area contributed by atoms with Gasteiger partial charge in [0.25, 0.3) is 3.79 Å². The molecule has 0 spiro atoms. The van der Waals surface area contributed by atoms with Gasteiger partial charge in [0.15, 0.2) is 0 Å². The quantitative estimate of drug-likeness (QED) is 0.374. The number of esters is 1. The monoisotopic (exact) mass is 349 g/mol. The van der Waals surface area contributed by atoms with Crippen molar-refractivity contribution in [2.75, 3.05) is 13.7 Å². The number of hydrogen-bond donors (Lipinski definition) is 1. The zero-order valence-electron chi connectivity index (χ0n) is 11.3. The van der Waals surface area contributed by atoms with E-state index in [1.165, 1.54) is 7.11 Å². The molecule has 0 bridgehead atoms. The minimum Gasteiger partial charge on any atom is -0.478 e. The van der Waals surface area contributed by atoms with Crippen LogP contribution in [0, 0.1) is 5.41 Å². The lowest BCUT2D eigenvalue weighted by Gasteiger charge is -2.14. The van der Waals surface area contributed by atoms with Gasteiger partial charge in [-0.15, -0.1) is 0 Å². The zero-order chi connectivity index (χ0) is 16.0. The summed E-state index contributed by atoms with van der Waals surface area (Å²) in [5.74, 6) is -0.826. The first-order valence-corrected chi connectivity index (χ1v) is 7.04. The molecule has 1 aromatic rings. The standard InChI is InChI=1S/C14H14Cl3NO3/c1-9(7-8-21-13(18)14(15,16)17)10-3-5-11(6-4-10)12(19)20-2/h3-6,18H,1,7-8H2,2H3. The van der Waals surface area contributed by atoms with E-state index in [-0.39, 0.29) is 6.61 Å². The number of halogens is 3. The molecule has 0 aliphatic carbocycles. The minimum absolute atomic E-state index is 0.171. The van der Waals surface area contributed by atoms with Gasteiger partial charge in [0.1, 0.15) is 0 Å². The van der Waals surface area contributed by atoms with E-state index in [1.54, 1.807) is 24.3 Å². The topological polar surface area (TPSA) is 59.4 Å². The number of hydrogen-bond acceptors (Lipinski definition) is 4. The van der Waals surface area contributed by atoms with Crippen molar-refractivity contribution in [2.45, 2.75) is 10.2 Å². The number of methoxy groups -OCH3 is 1. The third-order valence-corrected chi connectivity index (χ3v) is 3.14. The molecule has 0 aliphatic rings. The highest BCUT2D eigenvalue weighted by Gasteiger charge is 2.28. The van der Waals surface area contributed by atoms with Gasteiger partial charge in [0.2, 0.25) is 5.90 Å². The van der Waals surface area contributed by atoms with Gasteiger partial charge in [-0.3, -0.25) is 5.41 Å². The van der Waals surface area contributed by atoms with Crippen LogP contribution in [0.4, 0.5) is 0 Å². The Morgan fingerprint density at radius 3 is 2.24 bits per heavy atom. The van der Waals surface area contributed by atoms with Crippen LogP contribution < -0.4 is 0 Å². The predicted molar refractivity (Wildman–Crippen MR) is 85.4 cm³/mol. The van der Waals surface area contributed by atoms with Crippen LogP contribution >= 0.6 is 34.8 Å². The number of carbonyl (C=O) groups is 1. The molecular weight excluding hydrogens is 337 g/mol. The SMILES string of the molecule is C=C(CCOC(=N)C(Cl)(Cl)Cl)c1ccc(C(=O)OC)cc1. The van der Waals surface area contributed by atoms with Gasteiger partial charge in [0.05, 0.1) is 19.3 Å². The summed E-state index contributed by atoms with van der Waals surface area (Å²) >= 11 is 16.5. The second-order valence-electron chi connectivity index (χ2n) is 4.10. The summed E-state index contributed by atoms with van der Waals surface area (Å²) in [7, 11) is 1.33. The largest absolute Gasteiger partial charge is 0.478 e. The molecule has 0 aliphatic heterocycles. The van der Waals surface area contributed by atoms with Crippen LogP contribution in [0.2, 0.25) is 0 Å². The van der Waals surface area contributed by atoms with Crippen molar-refractivity contribution in [1.82, 2.24) is 0 Å². The molecule has 4 nitrogen and oxygen atoms in total. The molecule has 0 aromatic heterocycles. The van der Waals surface area contributed by atoms with Gasteiger partial charge in [-0.2, -0.15) is 0 Å². The van der Waals surface area contributed by atoms with E-state index in [9.17, 15) is 4.79 Å². The molecule has 0 atom stereocenters. The first kappa shape index (κ1) is 17.8. The summed E-state index contributed by atoms with van der Waals surface area (Å²) in [6.07, 6.45) is 0.459. The van der Waals surface area contributed by atoms with E-state index < -0.39 is 15.7 Å². The molecule has 1 aromatic carbocycles. The lowest BCUT2D eigenvalue weighted by atomic mass is 10.0. The number of rotatable bonds is 5. The highest BCUT2D eigenvalue weighted by Crippen LogP contribution is 2.28. The molecule has 0 heterocycles. The van der Waals surface area contributed by atoms with Gasteiger partial charge in [-0.05, 0) is 23.3 Å². The summed E-state index contributed by atoms with van der Waals surface area (Å²) in [5, 5.41) is 7.39. The van der Waals surface area contributed by atoms with Crippen LogP contribution in [-0.2, 0) is 9.47 Å². The van der Waals surface area contributed by atoms with Crippen molar-refractivity contribution >= 4 is 52.2 Å². The fourth-order valence-electron chi connectivity index (χ4n) is 1.46. The van der Waals surface area contributed by atoms with Crippen molar-refractivity contribution in [1.29, 1.82) is 5.41 Å². The van der Waals surface area contributed by atoms with Crippen LogP contribution in [0.5, 0.6) is 0 Å². The highest BCUT2D eigenvalue weighted by molar-refractivity contribution is 6.76. The molecule has 114 valence electrons. The van der Waals surface area contributed by atoms with E-state index in [2.05, 4.69) is 11.3 Å². The Bertz CT molecular complexity index is 535. The molecule has 0 fully saturated rings. The lowest BCUT2D eigenvalue weighted by molar-refractivity contribution is 0.0600. The Morgan fingerprint density at radius 1 is 1.24 bits per heavy atom. The maximum Gasteiger partial charge on any atom is 0.337 e. The number of nitrogens with one attached hydrogen (secondary N) is 1. The van der Waals surface area contributed by atoms with Gasteiger partial charge in [0, 0.05) is 6.42 Å². The molecule has 1 rings (SSSR count). The molecule has 7 heteroatoms. The maximum atomic E-state index is 11.3. The van der Waals surface area contributed by atoms with Gasteiger partial charge >= 0.3 is 5.97 Å². The molecule has 0 radical (unpaired) electrons. The highest BCUT2D eigenvalue weighted by atomic mass is 35.6. The summed E-state index contributed by atoms with van der Waals surface area (Å²) < 4.78 is 7.79. The Hall–Kier alpha value is -1.23. The molecule has 21 heavy (non-hydrogen) atoms. The van der Waals surface area contributed by atoms with Crippen molar-refractivity contribution < 1.29 is 14.3 Å². The van der Waals surface area contributed by atoms with Crippen LogP contribution in [0.25, 0.3) is 5.57 Å². The van der Waals surface area contributed by atoms with E-state index >= 15 is 0 Å². The van der Waals surface area contributed by atoms with Gasteiger partial charge in [-0.25, -0.2) is 4.79 Å². The molecule has 0 saturated heterocycles. The fraction of sp³-hybridized carbons (Fsp3) is 0.286. The second-order valence-corrected chi connectivity index (χ2v) is 6.38.